The molecule has 0 spiro atoms. The molecule has 160 valence electrons. The van der Waals surface area contributed by atoms with E-state index >= 15 is 0 Å². The van der Waals surface area contributed by atoms with Gasteiger partial charge in [-0.1, -0.05) is 48.9 Å². The molecular formula is C22H26ClN3O4. The summed E-state index contributed by atoms with van der Waals surface area (Å²) in [5.41, 5.74) is 3.78. The lowest BCUT2D eigenvalue weighted by Gasteiger charge is -2.14. The summed E-state index contributed by atoms with van der Waals surface area (Å²) in [5.74, 6) is -0.690. The molecule has 0 fully saturated rings. The standard InChI is InChI=1S/C22H26ClN3O4/c1-4-15(3)25-21(27)22(28)26-24-13-17-11-18(23)20(19(12-17)29-5-2)30-14-16-9-7-6-8-10-16/h6-13,15H,4-5,14H2,1-3H3,(H,25,27)(H,26,28)/b24-13-/t15-/m1/s1. The Morgan fingerprint density at radius 1 is 1.13 bits per heavy atom. The highest BCUT2D eigenvalue weighted by molar-refractivity contribution is 6.35. The maximum Gasteiger partial charge on any atom is 0.329 e. The Labute approximate surface area is 181 Å². The topological polar surface area (TPSA) is 89.0 Å². The third-order valence-electron chi connectivity index (χ3n) is 4.13. The van der Waals surface area contributed by atoms with Crippen LogP contribution in [0, 0.1) is 0 Å². The van der Waals surface area contributed by atoms with Crippen LogP contribution in [-0.2, 0) is 16.2 Å². The molecule has 0 aromatic heterocycles. The van der Waals surface area contributed by atoms with Crippen molar-refractivity contribution >= 4 is 29.6 Å². The zero-order valence-electron chi connectivity index (χ0n) is 17.3. The van der Waals surface area contributed by atoms with Crippen molar-refractivity contribution in [2.45, 2.75) is 39.8 Å². The first-order valence-corrected chi connectivity index (χ1v) is 10.1. The van der Waals surface area contributed by atoms with Gasteiger partial charge in [-0.15, -0.1) is 0 Å². The van der Waals surface area contributed by atoms with E-state index in [-0.39, 0.29) is 6.04 Å². The van der Waals surface area contributed by atoms with Crippen molar-refractivity contribution in [1.29, 1.82) is 0 Å². The highest BCUT2D eigenvalue weighted by Gasteiger charge is 2.15. The van der Waals surface area contributed by atoms with Gasteiger partial charge in [0.1, 0.15) is 6.61 Å². The third kappa shape index (κ3) is 7.08. The summed E-state index contributed by atoms with van der Waals surface area (Å²) >= 11 is 6.38. The van der Waals surface area contributed by atoms with E-state index in [0.717, 1.165) is 12.0 Å². The molecule has 2 amide bonds. The number of carbonyl (C=O) groups is 2. The molecular weight excluding hydrogens is 406 g/mol. The van der Waals surface area contributed by atoms with Gasteiger partial charge < -0.3 is 14.8 Å². The minimum absolute atomic E-state index is 0.0942. The van der Waals surface area contributed by atoms with Gasteiger partial charge in [0.05, 0.1) is 17.8 Å². The van der Waals surface area contributed by atoms with Crippen LogP contribution in [0.3, 0.4) is 0 Å². The molecule has 2 N–H and O–H groups in total. The third-order valence-corrected chi connectivity index (χ3v) is 4.41. The molecule has 0 saturated carbocycles. The first kappa shape index (κ1) is 23.2. The smallest absolute Gasteiger partial charge is 0.329 e. The summed E-state index contributed by atoms with van der Waals surface area (Å²) < 4.78 is 11.5. The van der Waals surface area contributed by atoms with Crippen LogP contribution in [0.2, 0.25) is 5.02 Å². The predicted octanol–water partition coefficient (Wildman–Crippen LogP) is 3.68. The lowest BCUT2D eigenvalue weighted by atomic mass is 10.2. The second-order valence-corrected chi connectivity index (χ2v) is 6.93. The monoisotopic (exact) mass is 431 g/mol. The fraction of sp³-hybridized carbons (Fsp3) is 0.318. The normalized spacial score (nSPS) is 11.7. The van der Waals surface area contributed by atoms with Gasteiger partial charge in [-0.25, -0.2) is 5.43 Å². The molecule has 1 atom stereocenters. The molecule has 0 aliphatic heterocycles. The van der Waals surface area contributed by atoms with E-state index in [1.165, 1.54) is 6.21 Å². The first-order valence-electron chi connectivity index (χ1n) is 9.71. The summed E-state index contributed by atoms with van der Waals surface area (Å²) in [6.07, 6.45) is 2.10. The highest BCUT2D eigenvalue weighted by atomic mass is 35.5. The van der Waals surface area contributed by atoms with Crippen molar-refractivity contribution in [1.82, 2.24) is 10.7 Å². The molecule has 0 radical (unpaired) electrons. The van der Waals surface area contributed by atoms with Crippen molar-refractivity contribution in [3.8, 4) is 11.5 Å². The average Bonchev–Trinajstić information content (AvgIpc) is 2.73. The van der Waals surface area contributed by atoms with Gasteiger partial charge in [0.25, 0.3) is 0 Å². The van der Waals surface area contributed by atoms with Crippen LogP contribution in [-0.4, -0.2) is 30.7 Å². The van der Waals surface area contributed by atoms with Crippen LogP contribution >= 0.6 is 11.6 Å². The van der Waals surface area contributed by atoms with Crippen LogP contribution in [0.15, 0.2) is 47.6 Å². The van der Waals surface area contributed by atoms with E-state index in [0.29, 0.717) is 35.3 Å². The zero-order valence-corrected chi connectivity index (χ0v) is 18.0. The number of hydrogen-bond donors (Lipinski definition) is 2. The maximum atomic E-state index is 11.8. The lowest BCUT2D eigenvalue weighted by molar-refractivity contribution is -0.139. The Morgan fingerprint density at radius 2 is 1.87 bits per heavy atom. The van der Waals surface area contributed by atoms with Crippen LogP contribution < -0.4 is 20.2 Å². The molecule has 2 aromatic rings. The molecule has 0 aliphatic rings. The number of nitrogens with one attached hydrogen (secondary N) is 2. The Morgan fingerprint density at radius 3 is 2.53 bits per heavy atom. The minimum Gasteiger partial charge on any atom is -0.490 e. The van der Waals surface area contributed by atoms with E-state index in [4.69, 9.17) is 21.1 Å². The van der Waals surface area contributed by atoms with Gasteiger partial charge in [0.2, 0.25) is 0 Å². The summed E-state index contributed by atoms with van der Waals surface area (Å²) in [6, 6.07) is 12.9. The summed E-state index contributed by atoms with van der Waals surface area (Å²) in [5, 5.41) is 6.73. The van der Waals surface area contributed by atoms with E-state index < -0.39 is 11.8 Å². The lowest BCUT2D eigenvalue weighted by Crippen LogP contribution is -2.41. The molecule has 2 rings (SSSR count). The minimum atomic E-state index is -0.842. The van der Waals surface area contributed by atoms with Crippen molar-refractivity contribution in [3.05, 3.63) is 58.6 Å². The van der Waals surface area contributed by atoms with Gasteiger partial charge >= 0.3 is 11.8 Å². The molecule has 0 unspecified atom stereocenters. The Hall–Kier alpha value is -3.06. The SMILES string of the molecule is CCOc1cc(/C=N\NC(=O)C(=O)N[C@H](C)CC)cc(Cl)c1OCc1ccccc1. The molecule has 7 nitrogen and oxygen atoms in total. The Bertz CT molecular complexity index is 887. The highest BCUT2D eigenvalue weighted by Crippen LogP contribution is 2.36. The number of ether oxygens (including phenoxy) is 2. The Kier molecular flexibility index (Phi) is 9.15. The second-order valence-electron chi connectivity index (χ2n) is 6.52. The molecule has 8 heteroatoms. The summed E-state index contributed by atoms with van der Waals surface area (Å²) in [6.45, 7) is 6.34. The molecule has 30 heavy (non-hydrogen) atoms. The quantitative estimate of drug-likeness (QED) is 0.360. The predicted molar refractivity (Wildman–Crippen MR) is 117 cm³/mol. The number of halogens is 1. The molecule has 0 saturated heterocycles. The fourth-order valence-corrected chi connectivity index (χ4v) is 2.68. The summed E-state index contributed by atoms with van der Waals surface area (Å²) in [7, 11) is 0. The van der Waals surface area contributed by atoms with Gasteiger partial charge in [0.15, 0.2) is 11.5 Å². The average molecular weight is 432 g/mol. The number of nitrogens with zero attached hydrogens (tertiary/aromatic N) is 1. The first-order chi connectivity index (χ1) is 14.4. The maximum absolute atomic E-state index is 11.8. The van der Waals surface area contributed by atoms with Crippen LogP contribution in [0.25, 0.3) is 0 Å². The fourth-order valence-electron chi connectivity index (χ4n) is 2.40. The number of rotatable bonds is 9. The number of hydrazone groups is 1. The van der Waals surface area contributed by atoms with E-state index in [9.17, 15) is 9.59 Å². The van der Waals surface area contributed by atoms with Crippen LogP contribution in [0.5, 0.6) is 11.5 Å². The van der Waals surface area contributed by atoms with Crippen LogP contribution in [0.4, 0.5) is 0 Å². The van der Waals surface area contributed by atoms with E-state index in [2.05, 4.69) is 15.8 Å². The van der Waals surface area contributed by atoms with Crippen LogP contribution in [0.1, 0.15) is 38.3 Å². The number of hydrogen-bond acceptors (Lipinski definition) is 5. The largest absolute Gasteiger partial charge is 0.490 e. The van der Waals surface area contributed by atoms with Crippen molar-refractivity contribution < 1.29 is 19.1 Å². The number of amides is 2. The Balaban J connectivity index is 2.07. The molecule has 0 aliphatic carbocycles. The molecule has 2 aromatic carbocycles. The number of benzene rings is 2. The van der Waals surface area contributed by atoms with E-state index in [1.807, 2.05) is 51.1 Å². The number of carbonyl (C=O) groups excluding carboxylic acids is 2. The van der Waals surface area contributed by atoms with Gasteiger partial charge in [-0.3, -0.25) is 9.59 Å². The molecule has 0 bridgehead atoms. The van der Waals surface area contributed by atoms with E-state index in [1.54, 1.807) is 12.1 Å². The van der Waals surface area contributed by atoms with Gasteiger partial charge in [-0.2, -0.15) is 5.10 Å². The van der Waals surface area contributed by atoms with Gasteiger partial charge in [0, 0.05) is 6.04 Å². The zero-order chi connectivity index (χ0) is 21.9. The second kappa shape index (κ2) is 11.8. The van der Waals surface area contributed by atoms with Crippen molar-refractivity contribution in [2.24, 2.45) is 5.10 Å². The van der Waals surface area contributed by atoms with Gasteiger partial charge in [-0.05, 0) is 43.5 Å². The van der Waals surface area contributed by atoms with Crippen molar-refractivity contribution in [3.63, 3.8) is 0 Å². The van der Waals surface area contributed by atoms with Crippen molar-refractivity contribution in [2.75, 3.05) is 6.61 Å². The molecule has 0 heterocycles. The summed E-state index contributed by atoms with van der Waals surface area (Å²) in [4.78, 5) is 23.5.